The van der Waals surface area contributed by atoms with E-state index in [0.717, 1.165) is 37.0 Å². The molecule has 5 saturated carbocycles. The number of hydrogen-bond donors (Lipinski definition) is 1. The van der Waals surface area contributed by atoms with E-state index >= 15 is 0 Å². The van der Waals surface area contributed by atoms with Crippen LogP contribution in [0.5, 0.6) is 0 Å². The van der Waals surface area contributed by atoms with Gasteiger partial charge in [0.05, 0.1) is 12.2 Å². The van der Waals surface area contributed by atoms with Crippen LogP contribution in [0.2, 0.25) is 0 Å². The summed E-state index contributed by atoms with van der Waals surface area (Å²) in [5, 5.41) is 2.63. The minimum atomic E-state index is -3.90. The Balaban J connectivity index is 1.20. The molecule has 1 unspecified atom stereocenters. The summed E-state index contributed by atoms with van der Waals surface area (Å²) in [6.07, 6.45) is 12.0. The van der Waals surface area contributed by atoms with Gasteiger partial charge in [-0.3, -0.25) is 4.79 Å². The van der Waals surface area contributed by atoms with Crippen LogP contribution in [0, 0.1) is 23.2 Å². The smallest absolute Gasteiger partial charge is 0.304 e. The van der Waals surface area contributed by atoms with Gasteiger partial charge in [0.25, 0.3) is 5.91 Å². The molecule has 2 aliphatic heterocycles. The van der Waals surface area contributed by atoms with Gasteiger partial charge < -0.3 is 4.74 Å². The molecule has 0 spiro atoms. The normalized spacial score (nSPS) is 38.7. The van der Waals surface area contributed by atoms with Crippen molar-refractivity contribution >= 4 is 32.0 Å². The maximum absolute atomic E-state index is 15.0. The number of halogens is 1. The van der Waals surface area contributed by atoms with Gasteiger partial charge in [0.2, 0.25) is 0 Å². The van der Waals surface area contributed by atoms with Crippen molar-refractivity contribution in [3.63, 3.8) is 0 Å². The maximum Gasteiger partial charge on any atom is 0.304 e. The Morgan fingerprint density at radius 2 is 1.78 bits per heavy atom. The molecule has 6 nitrogen and oxygen atoms in total. The molecule has 7 aliphatic rings. The van der Waals surface area contributed by atoms with Crippen molar-refractivity contribution in [3.05, 3.63) is 22.6 Å². The molecule has 4 bridgehead atoms. The van der Waals surface area contributed by atoms with Crippen molar-refractivity contribution in [2.24, 2.45) is 23.2 Å². The van der Waals surface area contributed by atoms with Crippen molar-refractivity contribution in [2.45, 2.75) is 63.0 Å². The van der Waals surface area contributed by atoms with E-state index in [1.807, 2.05) is 4.72 Å². The first kappa shape index (κ1) is 21.4. The lowest BCUT2D eigenvalue weighted by atomic mass is 9.50. The fraction of sp³-hybridized carbons (Fsp3) is 0.739. The average molecular weight is 483 g/mol. The van der Waals surface area contributed by atoms with Crippen LogP contribution >= 0.6 is 10.5 Å². The SMILES string of the molecule is O=C(NS(=O)(=O)N1CCC1)C1=C(F)C=C(OCC23CC4CC(CC(C4)C2)C3)S(C2CC2)=C1. The number of nitrogens with one attached hydrogen (secondary N) is 1. The summed E-state index contributed by atoms with van der Waals surface area (Å²) in [6, 6.07) is 0. The third kappa shape index (κ3) is 3.88. The van der Waals surface area contributed by atoms with Crippen molar-refractivity contribution in [2.75, 3.05) is 19.7 Å². The summed E-state index contributed by atoms with van der Waals surface area (Å²) in [6.45, 7) is 1.43. The van der Waals surface area contributed by atoms with Crippen LogP contribution in [0.15, 0.2) is 22.6 Å². The third-order valence-electron chi connectivity index (χ3n) is 8.17. The topological polar surface area (TPSA) is 75.7 Å². The molecule has 1 amide bonds. The Labute approximate surface area is 191 Å². The third-order valence-corrected chi connectivity index (χ3v) is 12.0. The van der Waals surface area contributed by atoms with Gasteiger partial charge in [-0.25, -0.2) is 9.11 Å². The molecule has 32 heavy (non-hydrogen) atoms. The van der Waals surface area contributed by atoms with Crippen LogP contribution in [-0.4, -0.2) is 48.9 Å². The van der Waals surface area contributed by atoms with E-state index in [2.05, 4.69) is 0 Å². The molecule has 0 radical (unpaired) electrons. The van der Waals surface area contributed by atoms with Gasteiger partial charge in [-0.05, 0) is 80.9 Å². The number of hydrogen-bond acceptors (Lipinski definition) is 4. The van der Waals surface area contributed by atoms with E-state index in [1.165, 1.54) is 48.9 Å². The Kier molecular flexibility index (Phi) is 5.12. The van der Waals surface area contributed by atoms with Crippen LogP contribution in [0.1, 0.15) is 57.8 Å². The number of carbonyl (C=O) groups excluding carboxylic acids is 1. The van der Waals surface area contributed by atoms with E-state index in [0.29, 0.717) is 30.0 Å². The zero-order valence-electron chi connectivity index (χ0n) is 18.2. The zero-order chi connectivity index (χ0) is 22.1. The quantitative estimate of drug-likeness (QED) is 0.563. The molecule has 1 N–H and O–H groups in total. The van der Waals surface area contributed by atoms with Crippen LogP contribution in [0.25, 0.3) is 0 Å². The molecule has 176 valence electrons. The van der Waals surface area contributed by atoms with E-state index in [1.54, 1.807) is 5.37 Å². The van der Waals surface area contributed by atoms with Crippen LogP contribution < -0.4 is 4.72 Å². The maximum atomic E-state index is 15.0. The lowest BCUT2D eigenvalue weighted by molar-refractivity contribution is -0.115. The van der Waals surface area contributed by atoms with Gasteiger partial charge in [-0.2, -0.15) is 12.7 Å². The van der Waals surface area contributed by atoms with Gasteiger partial charge in [0.1, 0.15) is 5.83 Å². The second-order valence-corrected chi connectivity index (χ2v) is 14.5. The first-order valence-electron chi connectivity index (χ1n) is 11.9. The Bertz CT molecular complexity index is 1000. The molecule has 7 rings (SSSR count). The average Bonchev–Trinajstić information content (AvgIpc) is 3.48. The predicted octanol–water partition coefficient (Wildman–Crippen LogP) is 3.60. The van der Waals surface area contributed by atoms with Crippen molar-refractivity contribution < 1.29 is 22.3 Å². The molecule has 0 aromatic heterocycles. The second-order valence-electron chi connectivity index (χ2n) is 10.8. The number of amides is 1. The number of allylic oxidation sites excluding steroid dienone is 2. The van der Waals surface area contributed by atoms with E-state index in [-0.39, 0.29) is 11.0 Å². The largest absolute Gasteiger partial charge is 0.487 e. The van der Waals surface area contributed by atoms with Crippen LogP contribution in [0.4, 0.5) is 4.39 Å². The number of carbonyl (C=O) groups is 1. The summed E-state index contributed by atoms with van der Waals surface area (Å²) in [5.74, 6) is 0.909. The van der Waals surface area contributed by atoms with Gasteiger partial charge in [0.15, 0.2) is 5.09 Å². The highest BCUT2D eigenvalue weighted by Gasteiger charge is 2.51. The Morgan fingerprint density at radius 3 is 2.31 bits per heavy atom. The summed E-state index contributed by atoms with van der Waals surface area (Å²) in [7, 11) is -4.39. The van der Waals surface area contributed by atoms with Crippen molar-refractivity contribution in [1.29, 1.82) is 0 Å². The van der Waals surface area contributed by atoms with Gasteiger partial charge in [-0.15, -0.1) is 10.5 Å². The second kappa shape index (κ2) is 7.67. The molecule has 0 aromatic carbocycles. The van der Waals surface area contributed by atoms with Crippen molar-refractivity contribution in [3.8, 4) is 0 Å². The lowest BCUT2D eigenvalue weighted by Crippen LogP contribution is -2.50. The highest BCUT2D eigenvalue weighted by molar-refractivity contribution is 8.19. The van der Waals surface area contributed by atoms with Gasteiger partial charge >= 0.3 is 10.2 Å². The van der Waals surface area contributed by atoms with E-state index in [4.69, 9.17) is 4.74 Å². The monoisotopic (exact) mass is 482 g/mol. The summed E-state index contributed by atoms with van der Waals surface area (Å²) >= 11 is 0. The fourth-order valence-electron chi connectivity index (χ4n) is 6.80. The standard InChI is InChI=1S/C23H31FN2O4S2/c24-20-9-21(30-14-23-10-15-6-16(11-23)8-17(7-15)12-23)31(18-2-3-18)13-19(20)22(27)25-32(28,29)26-4-1-5-26/h9,13,15-18H,1-8,10-12,14H2,(H,25,27). The molecule has 0 aromatic rings. The molecular weight excluding hydrogens is 451 g/mol. The minimum absolute atomic E-state index is 0.175. The molecule has 5 aliphatic carbocycles. The first-order chi connectivity index (χ1) is 15.3. The molecule has 2 heterocycles. The van der Waals surface area contributed by atoms with E-state index < -0.39 is 32.4 Å². The molecule has 1 saturated heterocycles. The summed E-state index contributed by atoms with van der Waals surface area (Å²) in [5.41, 5.74) is 0.0589. The molecular formula is C23H31FN2O4S2. The Hall–Kier alpha value is -1.19. The number of nitrogens with zero attached hydrogens (tertiary/aromatic N) is 1. The molecule has 6 fully saturated rings. The van der Waals surface area contributed by atoms with Gasteiger partial charge in [-0.1, -0.05) is 0 Å². The molecule has 9 heteroatoms. The Morgan fingerprint density at radius 1 is 1.16 bits per heavy atom. The molecule has 1 atom stereocenters. The highest BCUT2D eigenvalue weighted by atomic mass is 32.2. The highest BCUT2D eigenvalue weighted by Crippen LogP contribution is 2.60. The predicted molar refractivity (Wildman–Crippen MR) is 123 cm³/mol. The zero-order valence-corrected chi connectivity index (χ0v) is 19.9. The minimum Gasteiger partial charge on any atom is -0.487 e. The number of ether oxygens (including phenoxy) is 1. The van der Waals surface area contributed by atoms with Crippen LogP contribution in [-0.2, 0) is 19.7 Å². The number of rotatable bonds is 7. The lowest BCUT2D eigenvalue weighted by Gasteiger charge is -2.56. The van der Waals surface area contributed by atoms with Crippen LogP contribution in [0.3, 0.4) is 0 Å². The van der Waals surface area contributed by atoms with Crippen molar-refractivity contribution in [1.82, 2.24) is 9.03 Å². The van der Waals surface area contributed by atoms with Gasteiger partial charge in [0, 0.05) is 29.8 Å². The fourth-order valence-corrected chi connectivity index (χ4v) is 10.2. The first-order valence-corrected chi connectivity index (χ1v) is 14.7. The summed E-state index contributed by atoms with van der Waals surface area (Å²) < 4.78 is 49.1. The summed E-state index contributed by atoms with van der Waals surface area (Å²) in [4.78, 5) is 12.6. The van der Waals surface area contributed by atoms with E-state index in [9.17, 15) is 17.6 Å².